The highest BCUT2D eigenvalue weighted by atomic mass is 16.5. The molecule has 5 rings (SSSR count). The fourth-order valence-corrected chi connectivity index (χ4v) is 4.51. The Balaban J connectivity index is 1.52. The maximum Gasteiger partial charge on any atom is 0.266 e. The number of nitrogens with zero attached hydrogens (tertiary/aromatic N) is 4. The van der Waals surface area contributed by atoms with Gasteiger partial charge in [0.05, 0.1) is 37.4 Å². The van der Waals surface area contributed by atoms with Gasteiger partial charge in [-0.15, -0.1) is 0 Å². The molecule has 3 aromatic carbocycles. The number of hydrogen-bond acceptors (Lipinski definition) is 6. The number of aromatic nitrogens is 2. The smallest absolute Gasteiger partial charge is 0.266 e. The van der Waals surface area contributed by atoms with Gasteiger partial charge in [-0.25, -0.2) is 4.98 Å². The molecule has 34 heavy (non-hydrogen) atoms. The molecule has 174 valence electrons. The van der Waals surface area contributed by atoms with Crippen LogP contribution >= 0.6 is 0 Å². The first kappa shape index (κ1) is 22.0. The van der Waals surface area contributed by atoms with Crippen LogP contribution in [0.15, 0.2) is 77.6 Å². The van der Waals surface area contributed by atoms with Crippen LogP contribution in [0.4, 0.5) is 5.69 Å². The van der Waals surface area contributed by atoms with Gasteiger partial charge in [-0.2, -0.15) is 0 Å². The molecule has 0 unspecified atom stereocenters. The van der Waals surface area contributed by atoms with Crippen molar-refractivity contribution in [3.05, 3.63) is 89.0 Å². The fraction of sp³-hybridized carbons (Fsp3) is 0.259. The van der Waals surface area contributed by atoms with Crippen LogP contribution in [0.1, 0.15) is 5.82 Å². The van der Waals surface area contributed by atoms with Gasteiger partial charge >= 0.3 is 0 Å². The third-order valence-corrected chi connectivity index (χ3v) is 6.33. The summed E-state index contributed by atoms with van der Waals surface area (Å²) in [5.41, 5.74) is 2.45. The van der Waals surface area contributed by atoms with Crippen LogP contribution < -0.4 is 19.9 Å². The van der Waals surface area contributed by atoms with Crippen LogP contribution in [0.3, 0.4) is 0 Å². The number of methoxy groups -OCH3 is 2. The fourth-order valence-electron chi connectivity index (χ4n) is 4.51. The van der Waals surface area contributed by atoms with Gasteiger partial charge in [-0.1, -0.05) is 30.3 Å². The third-order valence-electron chi connectivity index (χ3n) is 6.33. The van der Waals surface area contributed by atoms with Crippen molar-refractivity contribution in [3.63, 3.8) is 0 Å². The zero-order valence-electron chi connectivity index (χ0n) is 19.5. The first-order chi connectivity index (χ1) is 16.7. The number of rotatable bonds is 6. The van der Waals surface area contributed by atoms with Crippen molar-refractivity contribution in [1.29, 1.82) is 0 Å². The second kappa shape index (κ2) is 9.57. The number of ether oxygens (including phenoxy) is 2. The summed E-state index contributed by atoms with van der Waals surface area (Å²) in [6, 6.07) is 23.4. The zero-order chi connectivity index (χ0) is 23.5. The van der Waals surface area contributed by atoms with Crippen LogP contribution in [0, 0.1) is 0 Å². The quantitative estimate of drug-likeness (QED) is 0.441. The SMILES string of the molecule is COc1ccc(OC)c(-n2c(CN3CCN(c4ccccc4)CC3)nc3ccccc3c2=O)c1. The van der Waals surface area contributed by atoms with E-state index in [1.165, 1.54) is 5.69 Å². The predicted octanol–water partition coefficient (Wildman–Crippen LogP) is 3.73. The Morgan fingerprint density at radius 1 is 0.853 bits per heavy atom. The summed E-state index contributed by atoms with van der Waals surface area (Å²) >= 11 is 0. The summed E-state index contributed by atoms with van der Waals surface area (Å²) in [7, 11) is 3.22. The summed E-state index contributed by atoms with van der Waals surface area (Å²) in [5.74, 6) is 1.93. The van der Waals surface area contributed by atoms with Gasteiger partial charge in [0.25, 0.3) is 5.56 Å². The summed E-state index contributed by atoms with van der Waals surface area (Å²) in [6.07, 6.45) is 0. The molecule has 0 radical (unpaired) electrons. The number of hydrogen-bond donors (Lipinski definition) is 0. The summed E-state index contributed by atoms with van der Waals surface area (Å²) in [4.78, 5) is 23.4. The third kappa shape index (κ3) is 4.22. The zero-order valence-corrected chi connectivity index (χ0v) is 19.5. The van der Waals surface area contributed by atoms with E-state index < -0.39 is 0 Å². The minimum atomic E-state index is -0.116. The monoisotopic (exact) mass is 456 g/mol. The Kier molecular flexibility index (Phi) is 6.18. The van der Waals surface area contributed by atoms with Crippen LogP contribution in [-0.2, 0) is 6.54 Å². The molecular formula is C27H28N4O3. The maximum atomic E-state index is 13.7. The number of fused-ring (bicyclic) bond motifs is 1. The van der Waals surface area contributed by atoms with Crippen molar-refractivity contribution in [3.8, 4) is 17.2 Å². The van der Waals surface area contributed by atoms with Crippen molar-refractivity contribution in [2.45, 2.75) is 6.54 Å². The van der Waals surface area contributed by atoms with Crippen LogP contribution in [0.5, 0.6) is 11.5 Å². The van der Waals surface area contributed by atoms with Crippen molar-refractivity contribution in [2.24, 2.45) is 0 Å². The van der Waals surface area contributed by atoms with Crippen LogP contribution in [0.25, 0.3) is 16.6 Å². The minimum Gasteiger partial charge on any atom is -0.497 e. The van der Waals surface area contributed by atoms with Gasteiger partial charge in [-0.05, 0) is 36.4 Å². The lowest BCUT2D eigenvalue weighted by molar-refractivity contribution is 0.242. The van der Waals surface area contributed by atoms with E-state index in [4.69, 9.17) is 14.5 Å². The molecule has 0 aliphatic carbocycles. The van der Waals surface area contributed by atoms with Crippen molar-refractivity contribution >= 4 is 16.6 Å². The lowest BCUT2D eigenvalue weighted by Crippen LogP contribution is -2.46. The van der Waals surface area contributed by atoms with E-state index >= 15 is 0 Å². The normalized spacial score (nSPS) is 14.4. The van der Waals surface area contributed by atoms with Crippen LogP contribution in [0.2, 0.25) is 0 Å². The van der Waals surface area contributed by atoms with Gasteiger partial charge in [-0.3, -0.25) is 14.3 Å². The topological polar surface area (TPSA) is 59.8 Å². The number of piperazine rings is 1. The van der Waals surface area contributed by atoms with Gasteiger partial charge in [0, 0.05) is 37.9 Å². The molecule has 0 N–H and O–H groups in total. The molecule has 1 fully saturated rings. The van der Waals surface area contributed by atoms with Gasteiger partial charge in [0.2, 0.25) is 0 Å². The predicted molar refractivity (Wildman–Crippen MR) is 134 cm³/mol. The van der Waals surface area contributed by atoms with Crippen molar-refractivity contribution in [2.75, 3.05) is 45.3 Å². The Morgan fingerprint density at radius 3 is 2.32 bits per heavy atom. The molecule has 4 aromatic rings. The molecule has 1 saturated heterocycles. The van der Waals surface area contributed by atoms with Gasteiger partial charge < -0.3 is 14.4 Å². The molecule has 1 aliphatic heterocycles. The minimum absolute atomic E-state index is 0.116. The Morgan fingerprint density at radius 2 is 1.59 bits per heavy atom. The maximum absolute atomic E-state index is 13.7. The molecule has 1 aliphatic rings. The Bertz CT molecular complexity index is 1350. The largest absolute Gasteiger partial charge is 0.497 e. The van der Waals surface area contributed by atoms with Crippen molar-refractivity contribution < 1.29 is 9.47 Å². The van der Waals surface area contributed by atoms with E-state index in [1.807, 2.05) is 48.5 Å². The number of para-hydroxylation sites is 2. The second-order valence-corrected chi connectivity index (χ2v) is 8.32. The molecular weight excluding hydrogens is 428 g/mol. The molecule has 7 nitrogen and oxygen atoms in total. The second-order valence-electron chi connectivity index (χ2n) is 8.32. The van der Waals surface area contributed by atoms with Gasteiger partial charge in [0.1, 0.15) is 17.3 Å². The summed E-state index contributed by atoms with van der Waals surface area (Å²) in [6.45, 7) is 4.16. The van der Waals surface area contributed by atoms with E-state index in [-0.39, 0.29) is 5.56 Å². The van der Waals surface area contributed by atoms with Crippen molar-refractivity contribution in [1.82, 2.24) is 14.5 Å². The van der Waals surface area contributed by atoms with E-state index in [0.717, 1.165) is 26.2 Å². The highest BCUT2D eigenvalue weighted by Crippen LogP contribution is 2.28. The van der Waals surface area contributed by atoms with E-state index in [2.05, 4.69) is 34.1 Å². The van der Waals surface area contributed by atoms with E-state index in [9.17, 15) is 4.79 Å². The lowest BCUT2D eigenvalue weighted by Gasteiger charge is -2.36. The van der Waals surface area contributed by atoms with Crippen LogP contribution in [-0.4, -0.2) is 54.8 Å². The number of anilines is 1. The molecule has 1 aromatic heterocycles. The molecule has 0 amide bonds. The summed E-state index contributed by atoms with van der Waals surface area (Å²) in [5, 5.41) is 0.574. The average Bonchev–Trinajstić information content (AvgIpc) is 2.89. The van der Waals surface area contributed by atoms with Gasteiger partial charge in [0.15, 0.2) is 0 Å². The molecule has 2 heterocycles. The molecule has 0 atom stereocenters. The first-order valence-corrected chi connectivity index (χ1v) is 11.4. The number of benzene rings is 3. The van der Waals surface area contributed by atoms with E-state index in [0.29, 0.717) is 40.5 Å². The molecule has 0 saturated carbocycles. The van der Waals surface area contributed by atoms with E-state index in [1.54, 1.807) is 18.8 Å². The molecule has 0 bridgehead atoms. The molecule has 0 spiro atoms. The highest BCUT2D eigenvalue weighted by molar-refractivity contribution is 5.78. The first-order valence-electron chi connectivity index (χ1n) is 11.4. The lowest BCUT2D eigenvalue weighted by atomic mass is 10.2. The molecule has 7 heteroatoms. The standard InChI is InChI=1S/C27H28N4O3/c1-33-21-12-13-25(34-2)24(18-21)31-26(28-23-11-7-6-10-22(23)27(31)32)19-29-14-16-30(17-15-29)20-8-4-3-5-9-20/h3-13,18H,14-17,19H2,1-2H3. The highest BCUT2D eigenvalue weighted by Gasteiger charge is 2.22. The Hall–Kier alpha value is -3.84. The average molecular weight is 457 g/mol. The Labute approximate surface area is 198 Å². The summed E-state index contributed by atoms with van der Waals surface area (Å²) < 4.78 is 12.7.